The fraction of sp³-hybridized carbons (Fsp3) is 0.533. The van der Waals surface area contributed by atoms with E-state index in [2.05, 4.69) is 46.7 Å². The zero-order chi connectivity index (χ0) is 15.2. The van der Waals surface area contributed by atoms with E-state index in [1.807, 2.05) is 5.59 Å². The number of nitrogens with zero attached hydrogens (tertiary/aromatic N) is 2. The Morgan fingerprint density at radius 1 is 1.29 bits per heavy atom. The van der Waals surface area contributed by atoms with Crippen LogP contribution in [0.5, 0.6) is 0 Å². The van der Waals surface area contributed by atoms with Gasteiger partial charge in [0.2, 0.25) is 0 Å². The van der Waals surface area contributed by atoms with Crippen molar-refractivity contribution in [3.63, 3.8) is 0 Å². The standard InChI is InChI=1S/C15H24N4O2/c1-12-4-3-5-14(13(12)2)19-10-8-18(9-11-19)7-6-15(20)21-17-16/h3-5,17H,6-11,16H2,1-2H3. The number of hydrogen-bond acceptors (Lipinski definition) is 6. The van der Waals surface area contributed by atoms with Crippen LogP contribution in [-0.4, -0.2) is 43.6 Å². The highest BCUT2D eigenvalue weighted by molar-refractivity contribution is 5.69. The molecule has 0 amide bonds. The Balaban J connectivity index is 1.83. The molecule has 0 aliphatic carbocycles. The van der Waals surface area contributed by atoms with E-state index in [4.69, 9.17) is 5.84 Å². The van der Waals surface area contributed by atoms with Crippen LogP contribution in [0.25, 0.3) is 0 Å². The largest absolute Gasteiger partial charge is 0.369 e. The molecule has 6 nitrogen and oxygen atoms in total. The van der Waals surface area contributed by atoms with Gasteiger partial charge in [-0.15, -0.1) is 0 Å². The molecular formula is C15H24N4O2. The first-order chi connectivity index (χ1) is 10.1. The van der Waals surface area contributed by atoms with Crippen LogP contribution in [0.2, 0.25) is 0 Å². The molecule has 0 unspecified atom stereocenters. The van der Waals surface area contributed by atoms with Crippen LogP contribution in [-0.2, 0) is 9.63 Å². The topological polar surface area (TPSA) is 70.8 Å². The van der Waals surface area contributed by atoms with Gasteiger partial charge in [-0.2, -0.15) is 0 Å². The molecule has 0 aromatic heterocycles. The van der Waals surface area contributed by atoms with Crippen molar-refractivity contribution in [1.29, 1.82) is 0 Å². The molecule has 116 valence electrons. The maximum absolute atomic E-state index is 11.3. The van der Waals surface area contributed by atoms with Crippen molar-refractivity contribution in [3.05, 3.63) is 29.3 Å². The predicted molar refractivity (Wildman–Crippen MR) is 82.6 cm³/mol. The first-order valence-corrected chi connectivity index (χ1v) is 7.30. The molecule has 1 heterocycles. The maximum atomic E-state index is 11.3. The zero-order valence-corrected chi connectivity index (χ0v) is 12.8. The quantitative estimate of drug-likeness (QED) is 0.616. The van der Waals surface area contributed by atoms with Crippen molar-refractivity contribution < 1.29 is 9.63 Å². The number of carbonyl (C=O) groups excluding carboxylic acids is 1. The Morgan fingerprint density at radius 2 is 2.00 bits per heavy atom. The monoisotopic (exact) mass is 292 g/mol. The molecule has 0 bridgehead atoms. The molecule has 3 N–H and O–H groups in total. The molecule has 0 spiro atoms. The molecule has 1 aromatic carbocycles. The Kier molecular flexibility index (Phi) is 5.55. The number of aryl methyl sites for hydroxylation is 1. The van der Waals surface area contributed by atoms with Crippen molar-refractivity contribution in [2.24, 2.45) is 5.84 Å². The van der Waals surface area contributed by atoms with Gasteiger partial charge in [-0.25, -0.2) is 5.84 Å². The van der Waals surface area contributed by atoms with E-state index >= 15 is 0 Å². The van der Waals surface area contributed by atoms with Gasteiger partial charge >= 0.3 is 5.97 Å². The molecule has 0 atom stereocenters. The molecule has 6 heteroatoms. The van der Waals surface area contributed by atoms with Gasteiger partial charge in [-0.1, -0.05) is 17.7 Å². The van der Waals surface area contributed by atoms with Crippen LogP contribution >= 0.6 is 0 Å². The average molecular weight is 292 g/mol. The van der Waals surface area contributed by atoms with Crippen LogP contribution in [0, 0.1) is 13.8 Å². The summed E-state index contributed by atoms with van der Waals surface area (Å²) in [6.07, 6.45) is 0.355. The lowest BCUT2D eigenvalue weighted by molar-refractivity contribution is -0.151. The number of nitrogens with two attached hydrogens (primary N) is 1. The number of piperazine rings is 1. The van der Waals surface area contributed by atoms with Crippen molar-refractivity contribution in [3.8, 4) is 0 Å². The lowest BCUT2D eigenvalue weighted by Gasteiger charge is -2.36. The second kappa shape index (κ2) is 7.40. The van der Waals surface area contributed by atoms with Crippen LogP contribution in [0.15, 0.2) is 18.2 Å². The second-order valence-electron chi connectivity index (χ2n) is 5.39. The summed E-state index contributed by atoms with van der Waals surface area (Å²) >= 11 is 0. The summed E-state index contributed by atoms with van der Waals surface area (Å²) in [6, 6.07) is 6.44. The Hall–Kier alpha value is -1.63. The lowest BCUT2D eigenvalue weighted by atomic mass is 10.1. The van der Waals surface area contributed by atoms with E-state index in [1.165, 1.54) is 16.8 Å². The maximum Gasteiger partial charge on any atom is 0.327 e. The Labute approximate surface area is 125 Å². The average Bonchev–Trinajstić information content (AvgIpc) is 2.49. The summed E-state index contributed by atoms with van der Waals surface area (Å²) in [5.41, 5.74) is 5.92. The van der Waals surface area contributed by atoms with Crippen LogP contribution < -0.4 is 16.3 Å². The number of hydrogen-bond donors (Lipinski definition) is 2. The van der Waals surface area contributed by atoms with Crippen molar-refractivity contribution >= 4 is 11.7 Å². The van der Waals surface area contributed by atoms with Crippen molar-refractivity contribution in [1.82, 2.24) is 10.5 Å². The summed E-state index contributed by atoms with van der Waals surface area (Å²) in [6.45, 7) is 8.90. The fourth-order valence-corrected chi connectivity index (χ4v) is 2.66. The van der Waals surface area contributed by atoms with E-state index in [1.54, 1.807) is 0 Å². The molecule has 21 heavy (non-hydrogen) atoms. The van der Waals surface area contributed by atoms with Gasteiger partial charge in [-0.05, 0) is 31.0 Å². The van der Waals surface area contributed by atoms with Gasteiger partial charge in [0, 0.05) is 38.4 Å². The SMILES string of the molecule is Cc1cccc(N2CCN(CCC(=O)ONN)CC2)c1C. The van der Waals surface area contributed by atoms with Crippen molar-refractivity contribution in [2.45, 2.75) is 20.3 Å². The van der Waals surface area contributed by atoms with E-state index < -0.39 is 0 Å². The van der Waals surface area contributed by atoms with Crippen molar-refractivity contribution in [2.75, 3.05) is 37.6 Å². The van der Waals surface area contributed by atoms with Gasteiger partial charge in [0.1, 0.15) is 0 Å². The summed E-state index contributed by atoms with van der Waals surface area (Å²) in [5, 5.41) is 0. The Bertz CT molecular complexity index is 485. The summed E-state index contributed by atoms with van der Waals surface area (Å²) in [4.78, 5) is 20.4. The minimum absolute atomic E-state index is 0.325. The lowest BCUT2D eigenvalue weighted by Crippen LogP contribution is -2.47. The van der Waals surface area contributed by atoms with Crippen LogP contribution in [0.4, 0.5) is 5.69 Å². The smallest absolute Gasteiger partial charge is 0.327 e. The van der Waals surface area contributed by atoms with Crippen LogP contribution in [0.3, 0.4) is 0 Å². The molecule has 1 saturated heterocycles. The fourth-order valence-electron chi connectivity index (χ4n) is 2.66. The highest BCUT2D eigenvalue weighted by atomic mass is 16.7. The number of anilines is 1. The molecule has 1 aliphatic rings. The molecular weight excluding hydrogens is 268 g/mol. The summed E-state index contributed by atoms with van der Waals surface area (Å²) in [7, 11) is 0. The summed E-state index contributed by atoms with van der Waals surface area (Å²) in [5.74, 6) is 4.61. The molecule has 1 fully saturated rings. The molecule has 0 radical (unpaired) electrons. The van der Waals surface area contributed by atoms with Gasteiger partial charge in [0.15, 0.2) is 0 Å². The molecule has 0 saturated carbocycles. The highest BCUT2D eigenvalue weighted by Gasteiger charge is 2.19. The molecule has 1 aliphatic heterocycles. The second-order valence-corrected chi connectivity index (χ2v) is 5.39. The number of benzene rings is 1. The summed E-state index contributed by atoms with van der Waals surface area (Å²) < 4.78 is 0. The minimum Gasteiger partial charge on any atom is -0.369 e. The third kappa shape index (κ3) is 4.17. The van der Waals surface area contributed by atoms with E-state index in [-0.39, 0.29) is 5.97 Å². The van der Waals surface area contributed by atoms with Gasteiger partial charge < -0.3 is 9.74 Å². The predicted octanol–water partition coefficient (Wildman–Crippen LogP) is 0.737. The number of carbonyl (C=O) groups is 1. The van der Waals surface area contributed by atoms with E-state index in [0.717, 1.165) is 26.2 Å². The highest BCUT2D eigenvalue weighted by Crippen LogP contribution is 2.23. The van der Waals surface area contributed by atoms with Gasteiger partial charge in [0.05, 0.1) is 6.42 Å². The zero-order valence-electron chi connectivity index (χ0n) is 12.8. The number of nitrogens with one attached hydrogen (secondary N) is 1. The third-order valence-electron chi connectivity index (χ3n) is 4.09. The van der Waals surface area contributed by atoms with E-state index in [0.29, 0.717) is 13.0 Å². The van der Waals surface area contributed by atoms with Gasteiger partial charge in [0.25, 0.3) is 0 Å². The molecule has 1 aromatic rings. The number of hydrazine groups is 1. The molecule has 2 rings (SSSR count). The Morgan fingerprint density at radius 3 is 2.67 bits per heavy atom. The third-order valence-corrected chi connectivity index (χ3v) is 4.09. The normalized spacial score (nSPS) is 16.0. The number of rotatable bonds is 5. The van der Waals surface area contributed by atoms with E-state index in [9.17, 15) is 4.79 Å². The first kappa shape index (κ1) is 15.8. The van der Waals surface area contributed by atoms with Gasteiger partial charge in [-0.3, -0.25) is 9.69 Å². The first-order valence-electron chi connectivity index (χ1n) is 7.30. The minimum atomic E-state index is -0.325. The van der Waals surface area contributed by atoms with Crippen LogP contribution in [0.1, 0.15) is 17.5 Å².